The van der Waals surface area contributed by atoms with E-state index in [0.717, 1.165) is 51.4 Å². The first-order chi connectivity index (χ1) is 16.0. The van der Waals surface area contributed by atoms with Gasteiger partial charge in [0, 0.05) is 37.1 Å². The van der Waals surface area contributed by atoms with E-state index >= 15 is 0 Å². The summed E-state index contributed by atoms with van der Waals surface area (Å²) in [6.45, 7) is 8.21. The Morgan fingerprint density at radius 2 is 2.12 bits per heavy atom. The summed E-state index contributed by atoms with van der Waals surface area (Å²) >= 11 is 0. The Labute approximate surface area is 192 Å². The Kier molecular flexibility index (Phi) is 5.67. The van der Waals surface area contributed by atoms with Gasteiger partial charge in [0.25, 0.3) is 0 Å². The predicted molar refractivity (Wildman–Crippen MR) is 126 cm³/mol. The lowest BCUT2D eigenvalue weighted by molar-refractivity contribution is 0.199. The smallest absolute Gasteiger partial charge is 0.219 e. The number of nitrogens with zero attached hydrogens (tertiary/aromatic N) is 5. The molecule has 1 unspecified atom stereocenters. The van der Waals surface area contributed by atoms with Crippen molar-refractivity contribution in [2.45, 2.75) is 52.3 Å². The van der Waals surface area contributed by atoms with E-state index < -0.39 is 0 Å². The van der Waals surface area contributed by atoms with Crippen LogP contribution in [0, 0.1) is 6.92 Å². The molecule has 3 N–H and O–H groups in total. The summed E-state index contributed by atoms with van der Waals surface area (Å²) < 4.78 is 10.0. The van der Waals surface area contributed by atoms with Crippen LogP contribution in [0.4, 0.5) is 0 Å². The lowest BCUT2D eigenvalue weighted by atomic mass is 9.93. The van der Waals surface area contributed by atoms with E-state index in [4.69, 9.17) is 9.84 Å². The summed E-state index contributed by atoms with van der Waals surface area (Å²) in [5.41, 5.74) is 7.40. The molecule has 1 aromatic carbocycles. The third-order valence-electron chi connectivity index (χ3n) is 6.53. The van der Waals surface area contributed by atoms with Gasteiger partial charge >= 0.3 is 0 Å². The van der Waals surface area contributed by atoms with E-state index in [-0.39, 0.29) is 18.6 Å². The summed E-state index contributed by atoms with van der Waals surface area (Å²) in [6.07, 6.45) is 2.63. The molecule has 174 valence electrons. The fourth-order valence-corrected chi connectivity index (χ4v) is 4.74. The maximum atomic E-state index is 9.48. The number of hydrogen-bond donors (Lipinski definition) is 3. The van der Waals surface area contributed by atoms with Gasteiger partial charge in [0.15, 0.2) is 0 Å². The van der Waals surface area contributed by atoms with Gasteiger partial charge in [-0.1, -0.05) is 13.0 Å². The number of aromatic amines is 1. The molecule has 9 nitrogen and oxygen atoms in total. The van der Waals surface area contributed by atoms with Crippen LogP contribution in [0.25, 0.3) is 22.0 Å². The van der Waals surface area contributed by atoms with Crippen LogP contribution < -0.4 is 10.1 Å². The third kappa shape index (κ3) is 3.91. The van der Waals surface area contributed by atoms with Gasteiger partial charge in [-0.15, -0.1) is 0 Å². The molecule has 0 saturated carbocycles. The Morgan fingerprint density at radius 3 is 2.94 bits per heavy atom. The zero-order valence-corrected chi connectivity index (χ0v) is 19.6. The molecule has 0 fully saturated rings. The van der Waals surface area contributed by atoms with E-state index in [2.05, 4.69) is 59.6 Å². The average Bonchev–Trinajstić information content (AvgIpc) is 3.45. The normalized spacial score (nSPS) is 19.1. The number of fused-ring (bicyclic) bond motifs is 4. The maximum absolute atomic E-state index is 9.48. The SMILES string of the molecule is Cc1c2c(nn1CCO)CNC[C@H](C)Oc1c(cnn1C)-c1ccc3[nH]nc(c3c1)C(C)C2. The van der Waals surface area contributed by atoms with Crippen molar-refractivity contribution in [2.75, 3.05) is 13.2 Å². The number of nitrogens with one attached hydrogen (secondary N) is 2. The second-order valence-electron chi connectivity index (χ2n) is 8.98. The number of hydrogen-bond acceptors (Lipinski definition) is 6. The standard InChI is InChI=1S/C24H31N7O2/c1-14-9-18-16(3)31(7-8-32)29-22(18)13-25-11-15(2)33-24-20(12-26-30(24)4)17-5-6-21-19(10-17)23(14)28-27-21/h5-6,10,12,14-15,25,32H,7-9,11,13H2,1-4H3,(H,27,28)/t14?,15-/m0/s1. The molecule has 5 rings (SSSR count). The highest BCUT2D eigenvalue weighted by molar-refractivity contribution is 5.87. The first-order valence-corrected chi connectivity index (χ1v) is 11.5. The minimum atomic E-state index is -0.0551. The molecule has 0 aliphatic carbocycles. The summed E-state index contributed by atoms with van der Waals surface area (Å²) in [7, 11) is 1.90. The summed E-state index contributed by atoms with van der Waals surface area (Å²) in [5.74, 6) is 0.937. The fourth-order valence-electron chi connectivity index (χ4n) is 4.74. The Morgan fingerprint density at radius 1 is 1.27 bits per heavy atom. The first-order valence-electron chi connectivity index (χ1n) is 11.5. The largest absolute Gasteiger partial charge is 0.473 e. The molecule has 9 heteroatoms. The van der Waals surface area contributed by atoms with Crippen LogP contribution in [0.3, 0.4) is 0 Å². The average molecular weight is 450 g/mol. The molecule has 0 radical (unpaired) electrons. The van der Waals surface area contributed by atoms with Gasteiger partial charge in [-0.05, 0) is 43.5 Å². The molecule has 1 aliphatic heterocycles. The second kappa shape index (κ2) is 8.64. The van der Waals surface area contributed by atoms with Gasteiger partial charge in [-0.3, -0.25) is 9.78 Å². The van der Waals surface area contributed by atoms with Crippen LogP contribution in [0.5, 0.6) is 5.88 Å². The molecule has 3 aromatic heterocycles. The van der Waals surface area contributed by atoms with Gasteiger partial charge in [0.05, 0.1) is 41.8 Å². The van der Waals surface area contributed by atoms with Crippen LogP contribution >= 0.6 is 0 Å². The minimum absolute atomic E-state index is 0.0551. The van der Waals surface area contributed by atoms with Crippen molar-refractivity contribution in [3.05, 3.63) is 47.0 Å². The Bertz CT molecular complexity index is 1290. The van der Waals surface area contributed by atoms with Gasteiger partial charge < -0.3 is 15.2 Å². The quantitative estimate of drug-likeness (QED) is 0.435. The number of ether oxygens (including phenoxy) is 1. The molecule has 0 saturated heterocycles. The van der Waals surface area contributed by atoms with E-state index in [1.54, 1.807) is 4.68 Å². The van der Waals surface area contributed by atoms with Crippen molar-refractivity contribution >= 4 is 10.9 Å². The van der Waals surface area contributed by atoms with Gasteiger partial charge in [-0.2, -0.15) is 15.3 Å². The zero-order valence-electron chi connectivity index (χ0n) is 19.6. The lowest BCUT2D eigenvalue weighted by Crippen LogP contribution is -2.29. The monoisotopic (exact) mass is 449 g/mol. The fraction of sp³-hybridized carbons (Fsp3) is 0.458. The second-order valence-corrected chi connectivity index (χ2v) is 8.98. The molecule has 33 heavy (non-hydrogen) atoms. The van der Waals surface area contributed by atoms with Crippen molar-refractivity contribution in [1.82, 2.24) is 35.1 Å². The van der Waals surface area contributed by atoms with Crippen molar-refractivity contribution in [2.24, 2.45) is 7.05 Å². The van der Waals surface area contributed by atoms with Crippen LogP contribution in [0.1, 0.15) is 42.4 Å². The number of rotatable bonds is 2. The predicted octanol–water partition coefficient (Wildman–Crippen LogP) is 2.68. The summed E-state index contributed by atoms with van der Waals surface area (Å²) in [5, 5.41) is 31.2. The molecule has 2 bridgehead atoms. The molecule has 4 heterocycles. The van der Waals surface area contributed by atoms with E-state index in [1.807, 2.05) is 17.9 Å². The molecule has 2 atom stereocenters. The Balaban J connectivity index is 1.62. The van der Waals surface area contributed by atoms with Gasteiger partial charge in [0.2, 0.25) is 5.88 Å². The Hall–Kier alpha value is -3.17. The molecule has 4 aromatic rings. The highest BCUT2D eigenvalue weighted by Crippen LogP contribution is 2.35. The third-order valence-corrected chi connectivity index (χ3v) is 6.53. The number of aliphatic hydroxyl groups is 1. The number of aliphatic hydroxyl groups excluding tert-OH is 1. The summed E-state index contributed by atoms with van der Waals surface area (Å²) in [4.78, 5) is 0. The molecule has 0 spiro atoms. The number of benzene rings is 1. The topological polar surface area (TPSA) is 106 Å². The van der Waals surface area contributed by atoms with Crippen LogP contribution in [0.2, 0.25) is 0 Å². The number of H-pyrrole nitrogens is 1. The highest BCUT2D eigenvalue weighted by Gasteiger charge is 2.23. The van der Waals surface area contributed by atoms with Crippen LogP contribution in [-0.2, 0) is 26.6 Å². The number of aromatic nitrogens is 6. The van der Waals surface area contributed by atoms with Crippen molar-refractivity contribution in [1.29, 1.82) is 0 Å². The first kappa shape index (κ1) is 21.7. The maximum Gasteiger partial charge on any atom is 0.219 e. The molecule has 0 amide bonds. The van der Waals surface area contributed by atoms with Crippen molar-refractivity contribution in [3.8, 4) is 17.0 Å². The van der Waals surface area contributed by atoms with Gasteiger partial charge in [-0.25, -0.2) is 4.68 Å². The minimum Gasteiger partial charge on any atom is -0.473 e. The lowest BCUT2D eigenvalue weighted by Gasteiger charge is -2.17. The van der Waals surface area contributed by atoms with Crippen molar-refractivity contribution < 1.29 is 9.84 Å². The van der Waals surface area contributed by atoms with E-state index in [0.29, 0.717) is 19.6 Å². The zero-order chi connectivity index (χ0) is 23.1. The highest BCUT2D eigenvalue weighted by atomic mass is 16.5. The van der Waals surface area contributed by atoms with Crippen LogP contribution in [-0.4, -0.2) is 54.1 Å². The van der Waals surface area contributed by atoms with E-state index in [9.17, 15) is 5.11 Å². The van der Waals surface area contributed by atoms with Gasteiger partial charge in [0.1, 0.15) is 6.10 Å². The van der Waals surface area contributed by atoms with Crippen LogP contribution in [0.15, 0.2) is 24.4 Å². The molecular weight excluding hydrogens is 418 g/mol. The summed E-state index contributed by atoms with van der Waals surface area (Å²) in [6, 6.07) is 6.34. The van der Waals surface area contributed by atoms with E-state index in [1.165, 1.54) is 5.56 Å². The number of aryl methyl sites for hydroxylation is 1. The molecule has 1 aliphatic rings. The molecular formula is C24H31N7O2. The van der Waals surface area contributed by atoms with Crippen molar-refractivity contribution in [3.63, 3.8) is 0 Å².